The summed E-state index contributed by atoms with van der Waals surface area (Å²) in [5.41, 5.74) is 3.21. The maximum absolute atomic E-state index is 13.0. The fraction of sp³-hybridized carbons (Fsp3) is 0.364. The highest BCUT2D eigenvalue weighted by Crippen LogP contribution is 2.25. The first-order valence-corrected chi connectivity index (χ1v) is 10.3. The quantitative estimate of drug-likeness (QED) is 0.685. The van der Waals surface area contributed by atoms with Gasteiger partial charge in [-0.05, 0) is 31.4 Å². The lowest BCUT2D eigenvalue weighted by Gasteiger charge is -2.31. The normalized spacial score (nSPS) is 15.0. The number of likely N-dealkylation sites (tertiary alicyclic amines) is 1. The molecule has 1 saturated heterocycles. The standard InChI is InChI=1S/C22H24ClN3O3/c1-2-26-18-9-12-29-20(18)13-19(26)22(28)25-10-7-15(8-11-25)21(27)24-14-16-5-3-4-6-17(16)23/h3-6,9,12-13,15H,2,7-8,10-11,14H2,1H3,(H,24,27). The van der Waals surface area contributed by atoms with Crippen molar-refractivity contribution in [1.29, 1.82) is 0 Å². The number of fused-ring (bicyclic) bond motifs is 1. The molecule has 1 aliphatic heterocycles. The minimum atomic E-state index is -0.0872. The van der Waals surface area contributed by atoms with E-state index < -0.39 is 0 Å². The van der Waals surface area contributed by atoms with Gasteiger partial charge in [-0.1, -0.05) is 29.8 Å². The Morgan fingerprint density at radius 1 is 1.21 bits per heavy atom. The van der Waals surface area contributed by atoms with Crippen molar-refractivity contribution in [3.8, 4) is 0 Å². The van der Waals surface area contributed by atoms with Crippen molar-refractivity contribution in [2.45, 2.75) is 32.9 Å². The first kappa shape index (κ1) is 19.6. The molecule has 0 bridgehead atoms. The van der Waals surface area contributed by atoms with Gasteiger partial charge in [-0.15, -0.1) is 0 Å². The molecular weight excluding hydrogens is 390 g/mol. The Labute approximate surface area is 174 Å². The van der Waals surface area contributed by atoms with Crippen LogP contribution >= 0.6 is 11.6 Å². The van der Waals surface area contributed by atoms with E-state index in [4.69, 9.17) is 16.0 Å². The fourth-order valence-electron chi connectivity index (χ4n) is 3.97. The molecular formula is C22H24ClN3O3. The number of hydrogen-bond donors (Lipinski definition) is 1. The highest BCUT2D eigenvalue weighted by Gasteiger charge is 2.29. The Morgan fingerprint density at radius 3 is 2.69 bits per heavy atom. The molecule has 0 spiro atoms. The highest BCUT2D eigenvalue weighted by atomic mass is 35.5. The molecule has 0 aliphatic carbocycles. The topological polar surface area (TPSA) is 67.5 Å². The molecule has 3 aromatic rings. The zero-order valence-corrected chi connectivity index (χ0v) is 17.1. The number of furan rings is 1. The van der Waals surface area contributed by atoms with E-state index in [1.165, 1.54) is 0 Å². The number of halogens is 1. The predicted octanol–water partition coefficient (Wildman–Crippen LogP) is 4.08. The number of piperidine rings is 1. The predicted molar refractivity (Wildman–Crippen MR) is 112 cm³/mol. The molecule has 1 aromatic carbocycles. The van der Waals surface area contributed by atoms with E-state index in [2.05, 4.69) is 5.32 Å². The van der Waals surface area contributed by atoms with E-state index in [1.54, 1.807) is 6.26 Å². The van der Waals surface area contributed by atoms with Gasteiger partial charge in [0.2, 0.25) is 5.91 Å². The molecule has 4 rings (SSSR count). The number of aryl methyl sites for hydroxylation is 1. The summed E-state index contributed by atoms with van der Waals surface area (Å²) in [6.07, 6.45) is 2.95. The van der Waals surface area contributed by atoms with Gasteiger partial charge in [0.25, 0.3) is 5.91 Å². The SMILES string of the molecule is CCn1c(C(=O)N2CCC(C(=O)NCc3ccccc3Cl)CC2)cc2occc21. The molecule has 29 heavy (non-hydrogen) atoms. The molecule has 152 valence electrons. The fourth-order valence-corrected chi connectivity index (χ4v) is 4.17. The smallest absolute Gasteiger partial charge is 0.270 e. The number of amides is 2. The Morgan fingerprint density at radius 2 is 1.97 bits per heavy atom. The van der Waals surface area contributed by atoms with Gasteiger partial charge in [0.15, 0.2) is 5.58 Å². The molecule has 1 N–H and O–H groups in total. The molecule has 0 atom stereocenters. The number of nitrogens with zero attached hydrogens (tertiary/aromatic N) is 2. The maximum atomic E-state index is 13.0. The average molecular weight is 414 g/mol. The summed E-state index contributed by atoms with van der Waals surface area (Å²) in [4.78, 5) is 27.4. The molecule has 0 radical (unpaired) electrons. The van der Waals surface area contributed by atoms with Gasteiger partial charge >= 0.3 is 0 Å². The molecule has 1 fully saturated rings. The molecule has 1 aliphatic rings. The zero-order valence-electron chi connectivity index (χ0n) is 16.4. The van der Waals surface area contributed by atoms with E-state index in [0.717, 1.165) is 16.7 Å². The van der Waals surface area contributed by atoms with Crippen LogP contribution in [0.1, 0.15) is 35.8 Å². The second-order valence-electron chi connectivity index (χ2n) is 7.32. The Balaban J connectivity index is 1.35. The summed E-state index contributed by atoms with van der Waals surface area (Å²) in [6.45, 7) is 4.27. The largest absolute Gasteiger partial charge is 0.463 e. The summed E-state index contributed by atoms with van der Waals surface area (Å²) in [7, 11) is 0. The summed E-state index contributed by atoms with van der Waals surface area (Å²) in [5.74, 6) is -0.0737. The number of carbonyl (C=O) groups is 2. The Bertz CT molecular complexity index is 1030. The van der Waals surface area contributed by atoms with Gasteiger partial charge in [-0.2, -0.15) is 0 Å². The first-order chi connectivity index (χ1) is 14.1. The third kappa shape index (κ3) is 3.90. The van der Waals surface area contributed by atoms with Crippen molar-refractivity contribution in [3.63, 3.8) is 0 Å². The van der Waals surface area contributed by atoms with Crippen LogP contribution in [-0.2, 0) is 17.9 Å². The van der Waals surface area contributed by atoms with Gasteiger partial charge in [0.1, 0.15) is 5.69 Å². The number of hydrogen-bond acceptors (Lipinski definition) is 3. The maximum Gasteiger partial charge on any atom is 0.270 e. The Hall–Kier alpha value is -2.73. The summed E-state index contributed by atoms with van der Waals surface area (Å²) < 4.78 is 7.42. The summed E-state index contributed by atoms with van der Waals surface area (Å²) in [6, 6.07) is 11.2. The van der Waals surface area contributed by atoms with Crippen LogP contribution in [0.2, 0.25) is 5.02 Å². The lowest BCUT2D eigenvalue weighted by Crippen LogP contribution is -2.43. The summed E-state index contributed by atoms with van der Waals surface area (Å²) >= 11 is 6.15. The molecule has 2 aromatic heterocycles. The summed E-state index contributed by atoms with van der Waals surface area (Å²) in [5, 5.41) is 3.63. The van der Waals surface area contributed by atoms with Crippen LogP contribution in [0.4, 0.5) is 0 Å². The van der Waals surface area contributed by atoms with E-state index in [9.17, 15) is 9.59 Å². The van der Waals surface area contributed by atoms with Crippen LogP contribution < -0.4 is 5.32 Å². The lowest BCUT2D eigenvalue weighted by molar-refractivity contribution is -0.126. The third-order valence-electron chi connectivity index (χ3n) is 5.62. The molecule has 3 heterocycles. The van der Waals surface area contributed by atoms with Crippen LogP contribution in [-0.4, -0.2) is 34.4 Å². The molecule has 7 heteroatoms. The number of rotatable bonds is 5. The number of aromatic nitrogens is 1. The zero-order chi connectivity index (χ0) is 20.4. The van der Waals surface area contributed by atoms with Crippen molar-refractivity contribution < 1.29 is 14.0 Å². The monoisotopic (exact) mass is 413 g/mol. The van der Waals surface area contributed by atoms with Gasteiger partial charge < -0.3 is 19.2 Å². The second kappa shape index (κ2) is 8.33. The Kier molecular flexibility index (Phi) is 5.62. The van der Waals surface area contributed by atoms with Crippen molar-refractivity contribution in [3.05, 3.63) is 58.9 Å². The van der Waals surface area contributed by atoms with Crippen molar-refractivity contribution >= 4 is 34.5 Å². The van der Waals surface area contributed by atoms with Gasteiger partial charge in [-0.3, -0.25) is 9.59 Å². The van der Waals surface area contributed by atoms with E-state index in [-0.39, 0.29) is 17.7 Å². The van der Waals surface area contributed by atoms with Crippen molar-refractivity contribution in [1.82, 2.24) is 14.8 Å². The number of carbonyl (C=O) groups excluding carboxylic acids is 2. The van der Waals surface area contributed by atoms with Crippen LogP contribution in [0.15, 0.2) is 47.1 Å². The molecule has 6 nitrogen and oxygen atoms in total. The van der Waals surface area contributed by atoms with Crippen molar-refractivity contribution in [2.75, 3.05) is 13.1 Å². The van der Waals surface area contributed by atoms with E-state index in [1.807, 2.05) is 52.8 Å². The lowest BCUT2D eigenvalue weighted by atomic mass is 9.95. The van der Waals surface area contributed by atoms with Crippen LogP contribution in [0, 0.1) is 5.92 Å². The molecule has 0 saturated carbocycles. The average Bonchev–Trinajstić information content (AvgIpc) is 3.33. The third-order valence-corrected chi connectivity index (χ3v) is 5.99. The second-order valence-corrected chi connectivity index (χ2v) is 7.73. The number of benzene rings is 1. The highest BCUT2D eigenvalue weighted by molar-refractivity contribution is 6.31. The van der Waals surface area contributed by atoms with E-state index in [0.29, 0.717) is 49.7 Å². The minimum absolute atomic E-state index is 0.00632. The van der Waals surface area contributed by atoms with Crippen LogP contribution in [0.3, 0.4) is 0 Å². The van der Waals surface area contributed by atoms with Crippen molar-refractivity contribution in [2.24, 2.45) is 5.92 Å². The minimum Gasteiger partial charge on any atom is -0.463 e. The molecule has 2 amide bonds. The van der Waals surface area contributed by atoms with E-state index >= 15 is 0 Å². The molecule has 0 unspecified atom stereocenters. The number of nitrogens with one attached hydrogen (secondary N) is 1. The van der Waals surface area contributed by atoms with Crippen LogP contribution in [0.25, 0.3) is 11.1 Å². The van der Waals surface area contributed by atoms with Gasteiger partial charge in [-0.25, -0.2) is 0 Å². The first-order valence-electron chi connectivity index (χ1n) is 9.95. The van der Waals surface area contributed by atoms with Crippen LogP contribution in [0.5, 0.6) is 0 Å². The van der Waals surface area contributed by atoms with Gasteiger partial charge in [0, 0.05) is 49.3 Å². The van der Waals surface area contributed by atoms with Gasteiger partial charge in [0.05, 0.1) is 11.8 Å².